The van der Waals surface area contributed by atoms with E-state index in [1.54, 1.807) is 0 Å². The lowest BCUT2D eigenvalue weighted by Gasteiger charge is -2.14. The molecule has 0 amide bonds. The second-order valence-corrected chi connectivity index (χ2v) is 12.4. The fourth-order valence-electron chi connectivity index (χ4n) is 6.52. The minimum absolute atomic E-state index is 0.703. The van der Waals surface area contributed by atoms with Gasteiger partial charge in [-0.15, -0.1) is 11.3 Å². The molecule has 0 saturated carbocycles. The fraction of sp³-hybridized carbons (Fsp3) is 0.0278. The van der Waals surface area contributed by atoms with E-state index in [0.29, 0.717) is 6.54 Å². The Bertz CT molecular complexity index is 2480. The molecule has 0 radical (unpaired) electrons. The molecule has 5 heteroatoms. The SMILES string of the molecule is Brc1ccccc1Cn1c(-n2c3ccccc3c3c4ccccc4c4c5ccccc5sc4c32)nc2ccccc21. The van der Waals surface area contributed by atoms with E-state index >= 15 is 0 Å². The molecule has 0 unspecified atom stereocenters. The number of thiophene rings is 1. The molecule has 0 fully saturated rings. The number of fused-ring (bicyclic) bond motifs is 11. The first kappa shape index (κ1) is 23.3. The van der Waals surface area contributed by atoms with E-state index in [4.69, 9.17) is 4.98 Å². The number of rotatable bonds is 3. The summed E-state index contributed by atoms with van der Waals surface area (Å²) >= 11 is 5.68. The standard InChI is InChI=1S/C36H22BrN3S/c37-27-16-6-1-11-22(27)21-39-30-19-9-7-17-28(30)38-36(39)40-29-18-8-4-14-25(29)32-23-12-2-3-13-24(23)33-26-15-5-10-20-31(26)41-35(33)34(32)40/h1-20H,21H2. The third-order valence-electron chi connectivity index (χ3n) is 8.27. The smallest absolute Gasteiger partial charge is 0.216 e. The van der Waals surface area contributed by atoms with Gasteiger partial charge >= 0.3 is 0 Å². The maximum absolute atomic E-state index is 5.34. The van der Waals surface area contributed by atoms with E-state index in [1.165, 1.54) is 58.3 Å². The molecule has 0 saturated heterocycles. The molecule has 0 aliphatic rings. The van der Waals surface area contributed by atoms with Crippen LogP contribution in [0.3, 0.4) is 0 Å². The van der Waals surface area contributed by atoms with Crippen molar-refractivity contribution in [3.63, 3.8) is 0 Å². The highest BCUT2D eigenvalue weighted by atomic mass is 79.9. The van der Waals surface area contributed by atoms with Gasteiger partial charge in [0.2, 0.25) is 5.95 Å². The molecular weight excluding hydrogens is 586 g/mol. The van der Waals surface area contributed by atoms with Gasteiger partial charge in [-0.1, -0.05) is 107 Å². The number of para-hydroxylation sites is 3. The molecule has 9 rings (SSSR count). The van der Waals surface area contributed by atoms with Crippen molar-refractivity contribution < 1.29 is 0 Å². The zero-order chi connectivity index (χ0) is 27.1. The van der Waals surface area contributed by atoms with Gasteiger partial charge in [-0.05, 0) is 46.7 Å². The highest BCUT2D eigenvalue weighted by molar-refractivity contribution is 9.10. The van der Waals surface area contributed by atoms with Crippen LogP contribution in [0.5, 0.6) is 0 Å². The second-order valence-electron chi connectivity index (χ2n) is 10.5. The zero-order valence-corrected chi connectivity index (χ0v) is 24.3. The van der Waals surface area contributed by atoms with Crippen LogP contribution in [0.2, 0.25) is 0 Å². The van der Waals surface area contributed by atoms with Gasteiger partial charge < -0.3 is 4.57 Å². The number of imidazole rings is 1. The average molecular weight is 609 g/mol. The molecule has 194 valence electrons. The Hall–Kier alpha value is -4.45. The first-order valence-electron chi connectivity index (χ1n) is 13.7. The fourth-order valence-corrected chi connectivity index (χ4v) is 8.19. The van der Waals surface area contributed by atoms with Crippen molar-refractivity contribution in [3.8, 4) is 5.95 Å². The Morgan fingerprint density at radius 2 is 1.24 bits per heavy atom. The lowest BCUT2D eigenvalue weighted by molar-refractivity contribution is 0.782. The summed E-state index contributed by atoms with van der Waals surface area (Å²) < 4.78 is 8.50. The molecule has 3 aromatic heterocycles. The summed E-state index contributed by atoms with van der Waals surface area (Å²) in [6, 6.07) is 43.4. The topological polar surface area (TPSA) is 22.8 Å². The first-order chi connectivity index (χ1) is 20.3. The highest BCUT2D eigenvalue weighted by Crippen LogP contribution is 2.47. The Morgan fingerprint density at radius 3 is 2.07 bits per heavy atom. The normalized spacial score (nSPS) is 12.1. The van der Waals surface area contributed by atoms with E-state index in [2.05, 4.69) is 146 Å². The van der Waals surface area contributed by atoms with Crippen molar-refractivity contribution in [2.24, 2.45) is 0 Å². The lowest BCUT2D eigenvalue weighted by atomic mass is 9.99. The summed E-state index contributed by atoms with van der Waals surface area (Å²) in [7, 11) is 0. The second kappa shape index (κ2) is 8.77. The number of benzene rings is 6. The van der Waals surface area contributed by atoms with Gasteiger partial charge in [-0.3, -0.25) is 4.57 Å². The Balaban J connectivity index is 1.52. The van der Waals surface area contributed by atoms with Crippen LogP contribution in [0.4, 0.5) is 0 Å². The summed E-state index contributed by atoms with van der Waals surface area (Å²) in [5, 5.41) is 7.75. The van der Waals surface area contributed by atoms with Crippen molar-refractivity contribution >= 4 is 91.1 Å². The van der Waals surface area contributed by atoms with Gasteiger partial charge in [-0.2, -0.15) is 0 Å². The third-order valence-corrected chi connectivity index (χ3v) is 10.2. The average Bonchev–Trinajstić information content (AvgIpc) is 3.68. The van der Waals surface area contributed by atoms with Crippen molar-refractivity contribution in [3.05, 3.63) is 131 Å². The minimum Gasteiger partial charge on any atom is -0.305 e. The van der Waals surface area contributed by atoms with E-state index in [1.807, 2.05) is 11.3 Å². The predicted octanol–water partition coefficient (Wildman–Crippen LogP) is 10.5. The maximum Gasteiger partial charge on any atom is 0.216 e. The van der Waals surface area contributed by atoms with Gasteiger partial charge in [-0.25, -0.2) is 4.98 Å². The van der Waals surface area contributed by atoms with Crippen LogP contribution in [0, 0.1) is 0 Å². The summed E-state index contributed by atoms with van der Waals surface area (Å²) in [5.74, 6) is 0.933. The summed E-state index contributed by atoms with van der Waals surface area (Å²) in [4.78, 5) is 5.34. The number of hydrogen-bond acceptors (Lipinski definition) is 2. The van der Waals surface area contributed by atoms with Gasteiger partial charge in [0.1, 0.15) is 0 Å². The van der Waals surface area contributed by atoms with Gasteiger partial charge in [0, 0.05) is 30.7 Å². The quantitative estimate of drug-likeness (QED) is 0.196. The summed E-state index contributed by atoms with van der Waals surface area (Å²) in [6.45, 7) is 0.703. The van der Waals surface area contributed by atoms with Crippen molar-refractivity contribution in [2.45, 2.75) is 6.54 Å². The van der Waals surface area contributed by atoms with E-state index in [0.717, 1.165) is 21.5 Å². The van der Waals surface area contributed by atoms with E-state index in [9.17, 15) is 0 Å². The molecule has 0 atom stereocenters. The number of hydrogen-bond donors (Lipinski definition) is 0. The highest BCUT2D eigenvalue weighted by Gasteiger charge is 2.24. The molecule has 0 spiro atoms. The van der Waals surface area contributed by atoms with Crippen molar-refractivity contribution in [1.82, 2.24) is 14.1 Å². The van der Waals surface area contributed by atoms with Crippen molar-refractivity contribution in [2.75, 3.05) is 0 Å². The zero-order valence-electron chi connectivity index (χ0n) is 21.9. The molecule has 0 N–H and O–H groups in total. The van der Waals surface area contributed by atoms with Crippen LogP contribution in [-0.4, -0.2) is 14.1 Å². The minimum atomic E-state index is 0.703. The first-order valence-corrected chi connectivity index (χ1v) is 15.3. The molecular formula is C36H22BrN3S. The van der Waals surface area contributed by atoms with Gasteiger partial charge in [0.05, 0.1) is 33.3 Å². The molecule has 3 nitrogen and oxygen atoms in total. The lowest BCUT2D eigenvalue weighted by Crippen LogP contribution is -2.08. The Morgan fingerprint density at radius 1 is 0.610 bits per heavy atom. The summed E-state index contributed by atoms with van der Waals surface area (Å²) in [6.07, 6.45) is 0. The van der Waals surface area contributed by atoms with Gasteiger partial charge in [0.25, 0.3) is 0 Å². The molecule has 3 heterocycles. The number of aromatic nitrogens is 3. The molecule has 0 aliphatic carbocycles. The predicted molar refractivity (Wildman–Crippen MR) is 178 cm³/mol. The van der Waals surface area contributed by atoms with Crippen LogP contribution in [-0.2, 0) is 6.54 Å². The molecule has 9 aromatic rings. The maximum atomic E-state index is 5.34. The van der Waals surface area contributed by atoms with Crippen LogP contribution in [0.1, 0.15) is 5.56 Å². The molecule has 0 bridgehead atoms. The molecule has 0 aliphatic heterocycles. The van der Waals surface area contributed by atoms with Crippen LogP contribution in [0.25, 0.3) is 69.7 Å². The third kappa shape index (κ3) is 3.27. The Kier molecular flexibility index (Phi) is 4.98. The Labute approximate surface area is 248 Å². The van der Waals surface area contributed by atoms with Crippen LogP contribution >= 0.6 is 27.3 Å². The van der Waals surface area contributed by atoms with Crippen LogP contribution < -0.4 is 0 Å². The largest absolute Gasteiger partial charge is 0.305 e. The summed E-state index contributed by atoms with van der Waals surface area (Å²) in [5.41, 5.74) is 5.73. The number of nitrogens with zero attached hydrogens (tertiary/aromatic N) is 3. The number of halogens is 1. The molecule has 41 heavy (non-hydrogen) atoms. The van der Waals surface area contributed by atoms with E-state index < -0.39 is 0 Å². The van der Waals surface area contributed by atoms with Crippen molar-refractivity contribution in [1.29, 1.82) is 0 Å². The monoisotopic (exact) mass is 607 g/mol. The molecule has 6 aromatic carbocycles. The van der Waals surface area contributed by atoms with Crippen LogP contribution in [0.15, 0.2) is 126 Å². The van der Waals surface area contributed by atoms with Gasteiger partial charge in [0.15, 0.2) is 0 Å². The van der Waals surface area contributed by atoms with E-state index in [-0.39, 0.29) is 0 Å².